The molecule has 2 heterocycles. The summed E-state index contributed by atoms with van der Waals surface area (Å²) in [5, 5.41) is 0.555. The summed E-state index contributed by atoms with van der Waals surface area (Å²) < 4.78 is 5.45. The number of hydrazine groups is 1. The summed E-state index contributed by atoms with van der Waals surface area (Å²) in [6.07, 6.45) is 2.46. The van der Waals surface area contributed by atoms with Gasteiger partial charge in [-0.3, -0.25) is 16.2 Å². The van der Waals surface area contributed by atoms with Crippen LogP contribution in [0.4, 0.5) is 5.82 Å². The van der Waals surface area contributed by atoms with Crippen LogP contribution in [0.5, 0.6) is 0 Å². The van der Waals surface area contributed by atoms with Crippen LogP contribution in [0.2, 0.25) is 5.02 Å². The van der Waals surface area contributed by atoms with Gasteiger partial charge in [0.1, 0.15) is 5.82 Å². The van der Waals surface area contributed by atoms with Crippen molar-refractivity contribution in [1.82, 2.24) is 15.3 Å². The molecule has 2 rings (SSSR count). The predicted octanol–water partition coefficient (Wildman–Crippen LogP) is 1.32. The van der Waals surface area contributed by atoms with Crippen molar-refractivity contribution in [3.8, 4) is 0 Å². The predicted molar refractivity (Wildman–Crippen MR) is 84.8 cm³/mol. The molecule has 1 fully saturated rings. The molecule has 0 amide bonds. The molecule has 6 nitrogen and oxygen atoms in total. The second kappa shape index (κ2) is 6.89. The number of hydrogen-bond donors (Lipinski definition) is 3. The maximum Gasteiger partial charge on any atom is 0.128 e. The second-order valence-corrected chi connectivity index (χ2v) is 5.97. The molecule has 1 aromatic heterocycles. The van der Waals surface area contributed by atoms with Crippen molar-refractivity contribution in [2.24, 2.45) is 5.84 Å². The molecular weight excluding hydrogens is 290 g/mol. The Labute approximate surface area is 130 Å². The molecule has 1 saturated heterocycles. The molecule has 2 unspecified atom stereocenters. The Kier molecular flexibility index (Phi) is 5.40. The lowest BCUT2D eigenvalue weighted by Gasteiger charge is -2.47. The highest BCUT2D eigenvalue weighted by atomic mass is 35.5. The normalized spacial score (nSPS) is 21.0. The van der Waals surface area contributed by atoms with Crippen molar-refractivity contribution in [2.75, 3.05) is 32.0 Å². The Morgan fingerprint density at radius 3 is 2.76 bits per heavy atom. The number of hydrogen-bond acceptors (Lipinski definition) is 6. The second-order valence-electron chi connectivity index (χ2n) is 5.54. The summed E-state index contributed by atoms with van der Waals surface area (Å²) in [7, 11) is 0. The van der Waals surface area contributed by atoms with Gasteiger partial charge >= 0.3 is 0 Å². The minimum absolute atomic E-state index is 0.160. The standard InChI is InChI=1S/C14H24ClN5O/c1-3-14(2,20-4-6-21-7-5-20)12(19-17)11-8-10(15)9-18-13(11)16/h8-9,12,19H,3-7,17H2,1-2H3,(H2,16,18). The third kappa shape index (κ3) is 3.30. The maximum absolute atomic E-state index is 6.08. The van der Waals surface area contributed by atoms with Crippen LogP contribution < -0.4 is 17.0 Å². The Morgan fingerprint density at radius 1 is 1.52 bits per heavy atom. The molecule has 1 aliphatic heterocycles. The van der Waals surface area contributed by atoms with Gasteiger partial charge in [-0.05, 0) is 19.4 Å². The van der Waals surface area contributed by atoms with E-state index < -0.39 is 0 Å². The zero-order chi connectivity index (χ0) is 15.5. The molecule has 0 radical (unpaired) electrons. The number of nitrogens with zero attached hydrogens (tertiary/aromatic N) is 2. The van der Waals surface area contributed by atoms with Gasteiger partial charge in [0.25, 0.3) is 0 Å². The molecule has 0 saturated carbocycles. The molecule has 2 atom stereocenters. The summed E-state index contributed by atoms with van der Waals surface area (Å²) in [6, 6.07) is 1.68. The smallest absolute Gasteiger partial charge is 0.128 e. The Hall–Kier alpha value is -0.920. The number of nitrogen functional groups attached to an aromatic ring is 1. The molecule has 1 aromatic rings. The summed E-state index contributed by atoms with van der Waals surface area (Å²) in [5.74, 6) is 6.31. The van der Waals surface area contributed by atoms with Gasteiger partial charge in [-0.15, -0.1) is 0 Å². The average Bonchev–Trinajstić information content (AvgIpc) is 2.52. The molecule has 1 aliphatic rings. The third-order valence-electron chi connectivity index (χ3n) is 4.46. The number of morpholine rings is 1. The highest BCUT2D eigenvalue weighted by Gasteiger charge is 2.40. The lowest BCUT2D eigenvalue weighted by Crippen LogP contribution is -2.58. The van der Waals surface area contributed by atoms with Crippen molar-refractivity contribution in [3.63, 3.8) is 0 Å². The van der Waals surface area contributed by atoms with Crippen molar-refractivity contribution in [2.45, 2.75) is 31.8 Å². The Balaban J connectivity index is 2.38. The van der Waals surface area contributed by atoms with Crippen molar-refractivity contribution in [3.05, 3.63) is 22.8 Å². The number of nitrogens with one attached hydrogen (secondary N) is 1. The maximum atomic E-state index is 6.08. The van der Waals surface area contributed by atoms with Crippen LogP contribution >= 0.6 is 11.6 Å². The van der Waals surface area contributed by atoms with Gasteiger partial charge in [0.15, 0.2) is 0 Å². The van der Waals surface area contributed by atoms with Crippen molar-refractivity contribution in [1.29, 1.82) is 0 Å². The average molecular weight is 314 g/mol. The number of rotatable bonds is 5. The van der Waals surface area contributed by atoms with Crippen LogP contribution in [0, 0.1) is 0 Å². The number of ether oxygens (including phenoxy) is 1. The van der Waals surface area contributed by atoms with Gasteiger partial charge in [0, 0.05) is 30.4 Å². The molecule has 21 heavy (non-hydrogen) atoms. The van der Waals surface area contributed by atoms with Crippen LogP contribution in [-0.2, 0) is 4.74 Å². The van der Waals surface area contributed by atoms with E-state index in [-0.39, 0.29) is 11.6 Å². The molecule has 5 N–H and O–H groups in total. The highest BCUT2D eigenvalue weighted by molar-refractivity contribution is 6.30. The van der Waals surface area contributed by atoms with Gasteiger partial charge in [-0.1, -0.05) is 18.5 Å². The molecular formula is C14H24ClN5O. The lowest BCUT2D eigenvalue weighted by molar-refractivity contribution is -0.0328. The van der Waals surface area contributed by atoms with E-state index in [1.165, 1.54) is 0 Å². The third-order valence-corrected chi connectivity index (χ3v) is 4.67. The highest BCUT2D eigenvalue weighted by Crippen LogP contribution is 2.36. The number of anilines is 1. The van der Waals surface area contributed by atoms with Crippen LogP contribution in [0.3, 0.4) is 0 Å². The molecule has 0 bridgehead atoms. The molecule has 0 spiro atoms. The quantitative estimate of drug-likeness (QED) is 0.561. The fourth-order valence-electron chi connectivity index (χ4n) is 2.99. The van der Waals surface area contributed by atoms with Gasteiger partial charge in [0.05, 0.1) is 24.3 Å². The van der Waals surface area contributed by atoms with Gasteiger partial charge in [-0.25, -0.2) is 4.98 Å². The monoisotopic (exact) mass is 313 g/mol. The largest absolute Gasteiger partial charge is 0.383 e. The molecule has 0 aliphatic carbocycles. The first kappa shape index (κ1) is 16.5. The van der Waals surface area contributed by atoms with Crippen molar-refractivity contribution < 1.29 is 4.74 Å². The zero-order valence-electron chi connectivity index (χ0n) is 12.6. The van der Waals surface area contributed by atoms with E-state index in [0.29, 0.717) is 10.8 Å². The first-order chi connectivity index (χ1) is 10.0. The number of pyridine rings is 1. The minimum Gasteiger partial charge on any atom is -0.383 e. The summed E-state index contributed by atoms with van der Waals surface area (Å²) in [4.78, 5) is 6.54. The van der Waals surface area contributed by atoms with E-state index in [0.717, 1.165) is 38.3 Å². The van der Waals surface area contributed by atoms with E-state index in [2.05, 4.69) is 29.2 Å². The molecule has 0 aromatic carbocycles. The minimum atomic E-state index is -0.195. The Morgan fingerprint density at radius 2 is 2.19 bits per heavy atom. The van der Waals surface area contributed by atoms with Crippen LogP contribution in [0.25, 0.3) is 0 Å². The van der Waals surface area contributed by atoms with E-state index in [9.17, 15) is 0 Å². The zero-order valence-corrected chi connectivity index (χ0v) is 13.4. The first-order valence-corrected chi connectivity index (χ1v) is 7.60. The van der Waals surface area contributed by atoms with Crippen molar-refractivity contribution >= 4 is 17.4 Å². The van der Waals surface area contributed by atoms with E-state index >= 15 is 0 Å². The van der Waals surface area contributed by atoms with E-state index in [4.69, 9.17) is 27.9 Å². The summed E-state index contributed by atoms with van der Waals surface area (Å²) in [5.41, 5.74) is 9.59. The number of aromatic nitrogens is 1. The number of halogens is 1. The van der Waals surface area contributed by atoms with Crippen LogP contribution in [-0.4, -0.2) is 41.7 Å². The molecule has 118 valence electrons. The van der Waals surface area contributed by atoms with Gasteiger partial charge in [0.2, 0.25) is 0 Å². The fourth-order valence-corrected chi connectivity index (χ4v) is 3.15. The number of nitrogens with two attached hydrogens (primary N) is 2. The molecule has 7 heteroatoms. The van der Waals surface area contributed by atoms with Crippen LogP contribution in [0.1, 0.15) is 31.9 Å². The summed E-state index contributed by atoms with van der Waals surface area (Å²) >= 11 is 6.08. The van der Waals surface area contributed by atoms with Gasteiger partial charge < -0.3 is 10.5 Å². The van der Waals surface area contributed by atoms with Gasteiger partial charge in [-0.2, -0.15) is 0 Å². The first-order valence-electron chi connectivity index (χ1n) is 7.22. The Bertz CT molecular complexity index is 480. The van der Waals surface area contributed by atoms with Crippen LogP contribution in [0.15, 0.2) is 12.3 Å². The van der Waals surface area contributed by atoms with E-state index in [1.807, 2.05) is 6.07 Å². The topological polar surface area (TPSA) is 89.4 Å². The lowest BCUT2D eigenvalue weighted by atomic mass is 9.83. The van der Waals surface area contributed by atoms with E-state index in [1.54, 1.807) is 6.20 Å². The summed E-state index contributed by atoms with van der Waals surface area (Å²) in [6.45, 7) is 7.54. The SMILES string of the molecule is CCC(C)(C(NN)c1cc(Cl)cnc1N)N1CCOCC1. The fraction of sp³-hybridized carbons (Fsp3) is 0.643.